The van der Waals surface area contributed by atoms with Crippen molar-refractivity contribution in [3.8, 4) is 0 Å². The number of rotatable bonds is 4. The Bertz CT molecular complexity index is 954. The quantitative estimate of drug-likeness (QED) is 0.780. The summed E-state index contributed by atoms with van der Waals surface area (Å²) in [5.74, 6) is 1.48. The molecule has 0 atom stereocenters. The van der Waals surface area contributed by atoms with Gasteiger partial charge in [-0.3, -0.25) is 0 Å². The van der Waals surface area contributed by atoms with E-state index in [9.17, 15) is 8.42 Å². The number of aryl methyl sites for hydroxylation is 2. The summed E-state index contributed by atoms with van der Waals surface area (Å²) in [7, 11) is 0.333. The van der Waals surface area contributed by atoms with Crippen molar-refractivity contribution in [2.24, 2.45) is 0 Å². The Kier molecular flexibility index (Phi) is 5.63. The second kappa shape index (κ2) is 7.67. The zero-order chi connectivity index (χ0) is 20.6. The molecule has 8 heteroatoms. The first-order chi connectivity index (χ1) is 13.1. The molecule has 152 valence electrons. The zero-order valence-corrected chi connectivity index (χ0v) is 18.3. The minimum Gasteiger partial charge on any atom is -0.363 e. The molecule has 0 aliphatic carbocycles. The fraction of sp³-hybridized carbons (Fsp3) is 0.500. The van der Waals surface area contributed by atoms with Crippen LogP contribution in [0, 0.1) is 27.7 Å². The Morgan fingerprint density at radius 3 is 2.07 bits per heavy atom. The van der Waals surface area contributed by atoms with E-state index in [1.165, 1.54) is 0 Å². The number of hydrogen-bond acceptors (Lipinski definition) is 6. The van der Waals surface area contributed by atoms with Gasteiger partial charge < -0.3 is 9.80 Å². The summed E-state index contributed by atoms with van der Waals surface area (Å²) in [6.07, 6.45) is 1.74. The van der Waals surface area contributed by atoms with Gasteiger partial charge in [0.15, 0.2) is 0 Å². The van der Waals surface area contributed by atoms with Gasteiger partial charge in [-0.2, -0.15) is 9.29 Å². The van der Waals surface area contributed by atoms with Gasteiger partial charge in [0, 0.05) is 46.5 Å². The Balaban J connectivity index is 1.83. The van der Waals surface area contributed by atoms with Crippen LogP contribution in [-0.2, 0) is 10.0 Å². The van der Waals surface area contributed by atoms with Crippen molar-refractivity contribution in [3.63, 3.8) is 0 Å². The van der Waals surface area contributed by atoms with Crippen LogP contribution < -0.4 is 9.80 Å². The minimum atomic E-state index is -3.54. The Hall–Kier alpha value is -2.19. The molecule has 1 aromatic heterocycles. The number of sulfonamides is 1. The molecular weight excluding hydrogens is 374 g/mol. The van der Waals surface area contributed by atoms with Crippen LogP contribution in [0.3, 0.4) is 0 Å². The average molecular weight is 404 g/mol. The maximum absolute atomic E-state index is 13.4. The number of benzene rings is 1. The van der Waals surface area contributed by atoms with E-state index in [0.29, 0.717) is 37.0 Å². The second-order valence-corrected chi connectivity index (χ2v) is 9.46. The van der Waals surface area contributed by atoms with Crippen LogP contribution in [0.2, 0.25) is 0 Å². The summed E-state index contributed by atoms with van der Waals surface area (Å²) in [6.45, 7) is 9.70. The number of aromatic nitrogens is 2. The van der Waals surface area contributed by atoms with Crippen molar-refractivity contribution >= 4 is 21.8 Å². The van der Waals surface area contributed by atoms with Crippen LogP contribution >= 0.6 is 0 Å². The number of piperazine rings is 1. The van der Waals surface area contributed by atoms with Crippen LogP contribution in [0.4, 0.5) is 11.8 Å². The SMILES string of the molecule is Cc1cc(C)c(C)c(S(=O)(=O)N2CCN(c3nccc(N(C)C)n3)CC2)c1C. The standard InChI is InChI=1S/C20H29N5O2S/c1-14-13-15(2)17(4)19(16(14)3)28(26,27)25-11-9-24(10-12-25)20-21-8-7-18(22-20)23(5)6/h7-8,13H,9-12H2,1-6H3. The number of hydrogen-bond donors (Lipinski definition) is 0. The molecule has 1 aliphatic rings. The van der Waals surface area contributed by atoms with Gasteiger partial charge in [-0.25, -0.2) is 13.4 Å². The van der Waals surface area contributed by atoms with E-state index < -0.39 is 10.0 Å². The maximum atomic E-state index is 13.4. The van der Waals surface area contributed by atoms with E-state index in [4.69, 9.17) is 0 Å². The third-order valence-corrected chi connectivity index (χ3v) is 7.68. The van der Waals surface area contributed by atoms with Crippen molar-refractivity contribution < 1.29 is 8.42 Å². The fourth-order valence-corrected chi connectivity index (χ4v) is 5.56. The summed E-state index contributed by atoms with van der Waals surface area (Å²) in [6, 6.07) is 3.91. The van der Waals surface area contributed by atoms with Crippen LogP contribution in [0.15, 0.2) is 23.2 Å². The lowest BCUT2D eigenvalue weighted by molar-refractivity contribution is 0.382. The Morgan fingerprint density at radius 2 is 1.54 bits per heavy atom. The molecule has 1 saturated heterocycles. The second-order valence-electron chi connectivity index (χ2n) is 7.59. The molecule has 0 spiro atoms. The van der Waals surface area contributed by atoms with E-state index >= 15 is 0 Å². The van der Waals surface area contributed by atoms with E-state index in [1.807, 2.05) is 57.7 Å². The molecule has 2 heterocycles. The van der Waals surface area contributed by atoms with Gasteiger partial charge in [0.25, 0.3) is 0 Å². The van der Waals surface area contributed by atoms with E-state index in [1.54, 1.807) is 10.5 Å². The summed E-state index contributed by atoms with van der Waals surface area (Å²) in [4.78, 5) is 13.4. The zero-order valence-electron chi connectivity index (χ0n) is 17.5. The van der Waals surface area contributed by atoms with Crippen LogP contribution in [-0.4, -0.2) is 63.0 Å². The molecule has 0 radical (unpaired) electrons. The first-order valence-electron chi connectivity index (χ1n) is 9.45. The molecule has 0 unspecified atom stereocenters. The molecule has 0 N–H and O–H groups in total. The Labute approximate surface area is 168 Å². The predicted molar refractivity (Wildman–Crippen MR) is 113 cm³/mol. The van der Waals surface area contributed by atoms with Gasteiger partial charge in [-0.05, 0) is 56.0 Å². The first-order valence-corrected chi connectivity index (χ1v) is 10.9. The van der Waals surface area contributed by atoms with Gasteiger partial charge in [0.2, 0.25) is 16.0 Å². The van der Waals surface area contributed by atoms with Gasteiger partial charge in [-0.1, -0.05) is 6.07 Å². The van der Waals surface area contributed by atoms with Crippen LogP contribution in [0.25, 0.3) is 0 Å². The monoisotopic (exact) mass is 403 g/mol. The molecular formula is C20H29N5O2S. The van der Waals surface area contributed by atoms with Crippen molar-refractivity contribution in [3.05, 3.63) is 40.6 Å². The molecule has 0 amide bonds. The lowest BCUT2D eigenvalue weighted by Gasteiger charge is -2.35. The van der Waals surface area contributed by atoms with E-state index in [0.717, 1.165) is 28.1 Å². The molecule has 0 saturated carbocycles. The highest BCUT2D eigenvalue weighted by molar-refractivity contribution is 7.89. The largest absolute Gasteiger partial charge is 0.363 e. The molecule has 1 aliphatic heterocycles. The van der Waals surface area contributed by atoms with Crippen molar-refractivity contribution in [2.75, 3.05) is 50.1 Å². The highest BCUT2D eigenvalue weighted by Gasteiger charge is 2.32. The minimum absolute atomic E-state index is 0.420. The highest BCUT2D eigenvalue weighted by atomic mass is 32.2. The maximum Gasteiger partial charge on any atom is 0.243 e. The van der Waals surface area contributed by atoms with Gasteiger partial charge in [0.1, 0.15) is 5.82 Å². The van der Waals surface area contributed by atoms with E-state index in [-0.39, 0.29) is 0 Å². The third kappa shape index (κ3) is 3.71. The molecule has 7 nitrogen and oxygen atoms in total. The lowest BCUT2D eigenvalue weighted by Crippen LogP contribution is -2.49. The van der Waals surface area contributed by atoms with Crippen molar-refractivity contribution in [1.29, 1.82) is 0 Å². The first kappa shape index (κ1) is 20.5. The molecule has 28 heavy (non-hydrogen) atoms. The van der Waals surface area contributed by atoms with Crippen molar-refractivity contribution in [1.82, 2.24) is 14.3 Å². The summed E-state index contributed by atoms with van der Waals surface area (Å²) in [5.41, 5.74) is 3.70. The summed E-state index contributed by atoms with van der Waals surface area (Å²) < 4.78 is 28.4. The molecule has 3 rings (SSSR count). The van der Waals surface area contributed by atoms with Gasteiger partial charge in [0.05, 0.1) is 4.90 Å². The molecule has 0 bridgehead atoms. The average Bonchev–Trinajstić information content (AvgIpc) is 2.66. The topological polar surface area (TPSA) is 69.6 Å². The molecule has 1 aromatic carbocycles. The normalized spacial score (nSPS) is 15.7. The van der Waals surface area contributed by atoms with Gasteiger partial charge in [-0.15, -0.1) is 0 Å². The Morgan fingerprint density at radius 1 is 0.964 bits per heavy atom. The van der Waals surface area contributed by atoms with Crippen LogP contribution in [0.5, 0.6) is 0 Å². The summed E-state index contributed by atoms with van der Waals surface area (Å²) >= 11 is 0. The highest BCUT2D eigenvalue weighted by Crippen LogP contribution is 2.29. The molecule has 1 fully saturated rings. The number of anilines is 2. The number of nitrogens with zero attached hydrogens (tertiary/aromatic N) is 5. The smallest absolute Gasteiger partial charge is 0.243 e. The molecule has 2 aromatic rings. The van der Waals surface area contributed by atoms with Gasteiger partial charge >= 0.3 is 0 Å². The summed E-state index contributed by atoms with van der Waals surface area (Å²) in [5, 5.41) is 0. The third-order valence-electron chi connectivity index (χ3n) is 5.50. The predicted octanol–water partition coefficient (Wildman–Crippen LogP) is 2.29. The van der Waals surface area contributed by atoms with Crippen molar-refractivity contribution in [2.45, 2.75) is 32.6 Å². The van der Waals surface area contributed by atoms with E-state index in [2.05, 4.69) is 16.0 Å². The van der Waals surface area contributed by atoms with Crippen LogP contribution in [0.1, 0.15) is 22.3 Å². The lowest BCUT2D eigenvalue weighted by atomic mass is 10.0. The fourth-order valence-electron chi connectivity index (χ4n) is 3.57.